The van der Waals surface area contributed by atoms with Crippen molar-refractivity contribution in [1.82, 2.24) is 0 Å². The Morgan fingerprint density at radius 2 is 2.26 bits per heavy atom. The number of aliphatic hydroxyl groups is 1. The first kappa shape index (κ1) is 13.0. The largest absolute Gasteiger partial charge is 0.497 e. The third-order valence-electron chi connectivity index (χ3n) is 3.19. The van der Waals surface area contributed by atoms with E-state index in [1.807, 2.05) is 29.6 Å². The molecule has 19 heavy (non-hydrogen) atoms. The molecule has 0 bridgehead atoms. The van der Waals surface area contributed by atoms with Crippen molar-refractivity contribution in [1.29, 1.82) is 0 Å². The summed E-state index contributed by atoms with van der Waals surface area (Å²) in [5.41, 5.74) is 0.797. The first-order valence-corrected chi connectivity index (χ1v) is 7.61. The van der Waals surface area contributed by atoms with E-state index in [1.165, 1.54) is 0 Å². The Bertz CT molecular complexity index is 596. The van der Waals surface area contributed by atoms with Crippen LogP contribution in [-0.4, -0.2) is 12.2 Å². The van der Waals surface area contributed by atoms with Crippen LogP contribution in [0.5, 0.6) is 11.5 Å². The number of hydrogen-bond acceptors (Lipinski definition) is 4. The first-order valence-electron chi connectivity index (χ1n) is 5.94. The molecule has 2 atom stereocenters. The van der Waals surface area contributed by atoms with Crippen molar-refractivity contribution in [2.24, 2.45) is 0 Å². The van der Waals surface area contributed by atoms with Gasteiger partial charge in [-0.1, -0.05) is 0 Å². The average molecular weight is 341 g/mol. The van der Waals surface area contributed by atoms with Gasteiger partial charge in [0.05, 0.1) is 13.2 Å². The van der Waals surface area contributed by atoms with E-state index in [2.05, 4.69) is 15.9 Å². The van der Waals surface area contributed by atoms with Crippen molar-refractivity contribution in [2.75, 3.05) is 7.11 Å². The number of ether oxygens (including phenoxy) is 2. The summed E-state index contributed by atoms with van der Waals surface area (Å²) in [4.78, 5) is 1.12. The molecular weight excluding hydrogens is 328 g/mol. The summed E-state index contributed by atoms with van der Waals surface area (Å²) >= 11 is 5.07. The van der Waals surface area contributed by atoms with Gasteiger partial charge in [0.15, 0.2) is 0 Å². The summed E-state index contributed by atoms with van der Waals surface area (Å²) in [6, 6.07) is 7.57. The molecule has 0 spiro atoms. The van der Waals surface area contributed by atoms with Gasteiger partial charge in [-0.25, -0.2) is 0 Å². The maximum Gasteiger partial charge on any atom is 0.136 e. The zero-order valence-electron chi connectivity index (χ0n) is 10.3. The molecular formula is C14H13BrO3S. The predicted octanol–water partition coefficient (Wildman–Crippen LogP) is 4.08. The molecule has 1 N–H and O–H groups in total. The van der Waals surface area contributed by atoms with E-state index in [0.717, 1.165) is 26.4 Å². The van der Waals surface area contributed by atoms with Crippen molar-refractivity contribution in [3.05, 3.63) is 44.6 Å². The summed E-state index contributed by atoms with van der Waals surface area (Å²) in [5.74, 6) is 1.47. The minimum atomic E-state index is -0.523. The fourth-order valence-electron chi connectivity index (χ4n) is 2.22. The zero-order valence-corrected chi connectivity index (χ0v) is 12.7. The number of aliphatic hydroxyl groups excluding tert-OH is 1. The molecule has 1 aromatic heterocycles. The third-order valence-corrected chi connectivity index (χ3v) is 4.97. The Labute approximate surface area is 123 Å². The second-order valence-corrected chi connectivity index (χ2v) is 6.29. The van der Waals surface area contributed by atoms with Gasteiger partial charge in [0, 0.05) is 26.7 Å². The van der Waals surface area contributed by atoms with Crippen LogP contribution in [0, 0.1) is 0 Å². The van der Waals surface area contributed by atoms with Gasteiger partial charge in [-0.15, -0.1) is 11.3 Å². The minimum Gasteiger partial charge on any atom is -0.497 e. The Balaban J connectivity index is 1.92. The summed E-state index contributed by atoms with van der Waals surface area (Å²) in [6.07, 6.45) is -0.0513. The van der Waals surface area contributed by atoms with E-state index in [9.17, 15) is 5.11 Å². The fraction of sp³-hybridized carbons (Fsp3) is 0.286. The quantitative estimate of drug-likeness (QED) is 0.895. The number of rotatable bonds is 2. The highest BCUT2D eigenvalue weighted by Crippen LogP contribution is 2.43. The zero-order chi connectivity index (χ0) is 13.4. The molecule has 0 aliphatic carbocycles. The lowest BCUT2D eigenvalue weighted by Crippen LogP contribution is -2.18. The summed E-state index contributed by atoms with van der Waals surface area (Å²) in [5, 5.41) is 12.3. The predicted molar refractivity (Wildman–Crippen MR) is 78.0 cm³/mol. The summed E-state index contributed by atoms with van der Waals surface area (Å²) in [7, 11) is 1.61. The van der Waals surface area contributed by atoms with Gasteiger partial charge in [0.1, 0.15) is 17.6 Å². The number of benzene rings is 1. The van der Waals surface area contributed by atoms with Gasteiger partial charge >= 0.3 is 0 Å². The van der Waals surface area contributed by atoms with E-state index in [0.29, 0.717) is 6.42 Å². The molecule has 2 heterocycles. The number of halogens is 1. The van der Waals surface area contributed by atoms with Crippen LogP contribution >= 0.6 is 27.3 Å². The van der Waals surface area contributed by atoms with Crippen molar-refractivity contribution in [3.63, 3.8) is 0 Å². The molecule has 0 amide bonds. The van der Waals surface area contributed by atoms with Gasteiger partial charge in [-0.3, -0.25) is 0 Å². The molecule has 0 saturated carbocycles. The van der Waals surface area contributed by atoms with Crippen LogP contribution in [0.25, 0.3) is 0 Å². The van der Waals surface area contributed by atoms with Crippen LogP contribution in [-0.2, 0) is 0 Å². The SMILES string of the molecule is COc1ccc2c(c1)[C@H](O)CC(c1cc(Br)cs1)O2. The Morgan fingerprint density at radius 3 is 2.95 bits per heavy atom. The molecule has 3 nitrogen and oxygen atoms in total. The topological polar surface area (TPSA) is 38.7 Å². The lowest BCUT2D eigenvalue weighted by Gasteiger charge is -2.29. The monoisotopic (exact) mass is 340 g/mol. The molecule has 1 aliphatic rings. The molecule has 1 unspecified atom stereocenters. The Hall–Kier alpha value is -1.04. The van der Waals surface area contributed by atoms with Gasteiger partial charge in [0.25, 0.3) is 0 Å². The van der Waals surface area contributed by atoms with Gasteiger partial charge < -0.3 is 14.6 Å². The van der Waals surface area contributed by atoms with E-state index in [-0.39, 0.29) is 6.10 Å². The van der Waals surface area contributed by atoms with E-state index < -0.39 is 6.10 Å². The minimum absolute atomic E-state index is 0.0906. The van der Waals surface area contributed by atoms with Crippen LogP contribution in [0.15, 0.2) is 34.1 Å². The molecule has 1 aliphatic heterocycles. The molecule has 5 heteroatoms. The molecule has 100 valence electrons. The van der Waals surface area contributed by atoms with Gasteiger partial charge in [0.2, 0.25) is 0 Å². The normalized spacial score (nSPS) is 21.6. The number of fused-ring (bicyclic) bond motifs is 1. The van der Waals surface area contributed by atoms with E-state index >= 15 is 0 Å². The maximum absolute atomic E-state index is 10.3. The van der Waals surface area contributed by atoms with Crippen molar-refractivity contribution < 1.29 is 14.6 Å². The van der Waals surface area contributed by atoms with E-state index in [1.54, 1.807) is 18.4 Å². The van der Waals surface area contributed by atoms with Crippen LogP contribution < -0.4 is 9.47 Å². The van der Waals surface area contributed by atoms with Crippen LogP contribution in [0.4, 0.5) is 0 Å². The van der Waals surface area contributed by atoms with Gasteiger partial charge in [-0.05, 0) is 40.2 Å². The smallest absolute Gasteiger partial charge is 0.136 e. The Morgan fingerprint density at radius 1 is 1.42 bits per heavy atom. The summed E-state index contributed by atoms with van der Waals surface area (Å²) < 4.78 is 12.2. The second kappa shape index (κ2) is 5.15. The lowest BCUT2D eigenvalue weighted by atomic mass is 9.98. The highest BCUT2D eigenvalue weighted by molar-refractivity contribution is 9.10. The number of hydrogen-bond donors (Lipinski definition) is 1. The van der Waals surface area contributed by atoms with Crippen LogP contribution in [0.1, 0.15) is 29.1 Å². The summed E-state index contributed by atoms with van der Waals surface area (Å²) in [6.45, 7) is 0. The molecule has 0 saturated heterocycles. The van der Waals surface area contributed by atoms with Crippen LogP contribution in [0.2, 0.25) is 0 Å². The lowest BCUT2D eigenvalue weighted by molar-refractivity contribution is 0.0671. The first-order chi connectivity index (χ1) is 9.17. The fourth-order valence-corrected chi connectivity index (χ4v) is 3.71. The molecule has 0 radical (unpaired) electrons. The van der Waals surface area contributed by atoms with E-state index in [4.69, 9.17) is 9.47 Å². The second-order valence-electron chi connectivity index (χ2n) is 4.43. The molecule has 2 aromatic rings. The van der Waals surface area contributed by atoms with Gasteiger partial charge in [-0.2, -0.15) is 0 Å². The van der Waals surface area contributed by atoms with Crippen molar-refractivity contribution in [2.45, 2.75) is 18.6 Å². The Kier molecular flexibility index (Phi) is 3.52. The molecule has 1 aromatic carbocycles. The van der Waals surface area contributed by atoms with Crippen molar-refractivity contribution in [3.8, 4) is 11.5 Å². The molecule has 3 rings (SSSR count). The maximum atomic E-state index is 10.3. The number of thiophene rings is 1. The average Bonchev–Trinajstić information content (AvgIpc) is 2.85. The van der Waals surface area contributed by atoms with Crippen LogP contribution in [0.3, 0.4) is 0 Å². The third kappa shape index (κ3) is 2.50. The van der Waals surface area contributed by atoms with Crippen molar-refractivity contribution >= 4 is 27.3 Å². The highest BCUT2D eigenvalue weighted by atomic mass is 79.9. The standard InChI is InChI=1S/C14H13BrO3S/c1-17-9-2-3-12-10(5-9)11(16)6-13(18-12)14-4-8(15)7-19-14/h2-5,7,11,13,16H,6H2,1H3/t11-,13?/m1/s1. The highest BCUT2D eigenvalue weighted by Gasteiger charge is 2.29. The molecule has 0 fully saturated rings. The number of methoxy groups -OCH3 is 1.